The van der Waals surface area contributed by atoms with Gasteiger partial charge in [0.05, 0.1) is 19.9 Å². The summed E-state index contributed by atoms with van der Waals surface area (Å²) in [5.41, 5.74) is 5.42. The molecule has 3 aliphatic rings. The van der Waals surface area contributed by atoms with Crippen LogP contribution < -0.4 is 23.1 Å². The predicted octanol–water partition coefficient (Wildman–Crippen LogP) is 4.92. The van der Waals surface area contributed by atoms with E-state index in [-0.39, 0.29) is 42.4 Å². The van der Waals surface area contributed by atoms with E-state index < -0.39 is 10.1 Å². The molecule has 3 atom stereocenters. The number of nitrogens with zero attached hydrogens (tertiary/aromatic N) is 2. The zero-order valence-electron chi connectivity index (χ0n) is 28.1. The van der Waals surface area contributed by atoms with Crippen molar-refractivity contribution in [3.63, 3.8) is 0 Å². The molecule has 3 aliphatic heterocycles. The van der Waals surface area contributed by atoms with E-state index in [4.69, 9.17) is 32.6 Å². The molecule has 47 heavy (non-hydrogen) atoms. The third kappa shape index (κ3) is 6.25. The number of aryl methyl sites for hydroxylation is 2. The molecule has 0 unspecified atom stereocenters. The minimum atomic E-state index is -4.16. The van der Waals surface area contributed by atoms with Crippen molar-refractivity contribution in [1.29, 1.82) is 0 Å². The van der Waals surface area contributed by atoms with Crippen LogP contribution in [0.5, 0.6) is 28.7 Å². The summed E-state index contributed by atoms with van der Waals surface area (Å²) in [5, 5.41) is 0. The molecule has 0 amide bonds. The van der Waals surface area contributed by atoms with E-state index in [2.05, 4.69) is 22.9 Å². The Hall–Kier alpha value is -3.55. The van der Waals surface area contributed by atoms with E-state index >= 15 is 0 Å². The number of hydrogen-bond acceptors (Lipinski definition) is 11. The number of ether oxygens (including phenoxy) is 6. The zero-order chi connectivity index (χ0) is 33.5. The number of fused-ring (bicyclic) bond motifs is 5. The van der Waals surface area contributed by atoms with Gasteiger partial charge in [0.2, 0.25) is 6.79 Å². The fourth-order valence-electron chi connectivity index (χ4n) is 7.16. The van der Waals surface area contributed by atoms with Crippen molar-refractivity contribution in [3.8, 4) is 28.7 Å². The molecule has 0 aliphatic carbocycles. The summed E-state index contributed by atoms with van der Waals surface area (Å²) in [6.45, 7) is 9.56. The molecule has 1 saturated heterocycles. The third-order valence-corrected chi connectivity index (χ3v) is 10.7. The summed E-state index contributed by atoms with van der Waals surface area (Å²) in [6.07, 6.45) is 1.25. The van der Waals surface area contributed by atoms with Crippen molar-refractivity contribution >= 4 is 10.1 Å². The van der Waals surface area contributed by atoms with Crippen LogP contribution in [0.4, 0.5) is 0 Å². The lowest BCUT2D eigenvalue weighted by Gasteiger charge is -2.54. The molecule has 0 spiro atoms. The Kier molecular flexibility index (Phi) is 9.59. The molecule has 1 fully saturated rings. The van der Waals surface area contributed by atoms with E-state index in [1.807, 2.05) is 26.8 Å². The second kappa shape index (κ2) is 13.5. The van der Waals surface area contributed by atoms with E-state index in [1.165, 1.54) is 5.56 Å². The molecule has 12 heteroatoms. The van der Waals surface area contributed by atoms with Crippen LogP contribution in [0.2, 0.25) is 0 Å². The first-order chi connectivity index (χ1) is 22.6. The summed E-state index contributed by atoms with van der Waals surface area (Å²) in [4.78, 5) is 4.81. The highest BCUT2D eigenvalue weighted by atomic mass is 32.2. The molecule has 6 rings (SSSR count). The van der Waals surface area contributed by atoms with E-state index in [0.717, 1.165) is 29.7 Å². The Morgan fingerprint density at radius 1 is 1.00 bits per heavy atom. The summed E-state index contributed by atoms with van der Waals surface area (Å²) in [6, 6.07) is 10.6. The van der Waals surface area contributed by atoms with Crippen molar-refractivity contribution in [2.45, 2.75) is 63.6 Å². The number of hydrogen-bond donors (Lipinski definition) is 0. The zero-order valence-corrected chi connectivity index (χ0v) is 28.9. The van der Waals surface area contributed by atoms with Gasteiger partial charge in [-0.2, -0.15) is 8.42 Å². The van der Waals surface area contributed by atoms with E-state index in [1.54, 1.807) is 45.4 Å². The maximum atomic E-state index is 13.7. The number of benzene rings is 3. The molecule has 0 saturated carbocycles. The van der Waals surface area contributed by atoms with Gasteiger partial charge in [-0.1, -0.05) is 23.8 Å². The van der Waals surface area contributed by atoms with Crippen molar-refractivity contribution in [3.05, 3.63) is 69.8 Å². The number of rotatable bonds is 12. The average Bonchev–Trinajstić information content (AvgIpc) is 3.51. The molecule has 2 bridgehead atoms. The number of piperazine rings is 1. The monoisotopic (exact) mass is 668 g/mol. The maximum absolute atomic E-state index is 13.7. The van der Waals surface area contributed by atoms with Gasteiger partial charge in [-0.15, -0.1) is 0 Å². The molecular weight excluding hydrogens is 624 g/mol. The lowest BCUT2D eigenvalue weighted by atomic mass is 9.78. The molecule has 3 heterocycles. The summed E-state index contributed by atoms with van der Waals surface area (Å²) >= 11 is 0. The Balaban J connectivity index is 1.49. The van der Waals surface area contributed by atoms with E-state index in [0.29, 0.717) is 53.9 Å². The van der Waals surface area contributed by atoms with Gasteiger partial charge in [0, 0.05) is 49.0 Å². The highest BCUT2D eigenvalue weighted by Crippen LogP contribution is 2.51. The fraction of sp³-hybridized carbons (Fsp3) is 0.486. The van der Waals surface area contributed by atoms with Gasteiger partial charge in [-0.3, -0.25) is 9.80 Å². The standard InChI is InChI=1S/C35H44N2O9S/c1-8-42-18-37-17-26-14-24-13-22(3)32(41-7)35(44-19-40-6)30(24)31(36(26)5)28(37)15-25-16-29-34(45-20-43-29)23(4)33(25)46-47(38,39)27-11-9-21(2)10-12-27/h9-13,16,26,28,31H,8,14-15,17-20H2,1-7H3/t26-,28-,31-/m0/s1. The lowest BCUT2D eigenvalue weighted by molar-refractivity contribution is -0.0757. The Labute approximate surface area is 277 Å². The normalized spacial score (nSPS) is 20.6. The van der Waals surface area contributed by atoms with Gasteiger partial charge in [0.1, 0.15) is 4.90 Å². The van der Waals surface area contributed by atoms with Crippen molar-refractivity contribution < 1.29 is 41.0 Å². The minimum Gasteiger partial charge on any atom is -0.493 e. The third-order valence-electron chi connectivity index (χ3n) is 9.43. The Morgan fingerprint density at radius 2 is 1.77 bits per heavy atom. The summed E-state index contributed by atoms with van der Waals surface area (Å²) in [7, 11) is 1.22. The smallest absolute Gasteiger partial charge is 0.339 e. The molecule has 0 radical (unpaired) electrons. The predicted molar refractivity (Wildman–Crippen MR) is 175 cm³/mol. The minimum absolute atomic E-state index is 0.0451. The Bertz CT molecular complexity index is 1730. The molecule has 254 valence electrons. The second-order valence-corrected chi connectivity index (χ2v) is 13.9. The highest BCUT2D eigenvalue weighted by Gasteiger charge is 2.47. The lowest BCUT2D eigenvalue weighted by Crippen LogP contribution is -2.62. The molecule has 0 N–H and O–H groups in total. The quantitative estimate of drug-likeness (QED) is 0.194. The Morgan fingerprint density at radius 3 is 2.47 bits per heavy atom. The topological polar surface area (TPSA) is 105 Å². The van der Waals surface area contributed by atoms with Crippen molar-refractivity contribution in [2.75, 3.05) is 54.7 Å². The largest absolute Gasteiger partial charge is 0.493 e. The van der Waals surface area contributed by atoms with Gasteiger partial charge < -0.3 is 32.6 Å². The second-order valence-electron chi connectivity index (χ2n) is 12.4. The van der Waals surface area contributed by atoms with Gasteiger partial charge in [0.15, 0.2) is 35.5 Å². The van der Waals surface area contributed by atoms with Crippen LogP contribution in [0.1, 0.15) is 46.3 Å². The fourth-order valence-corrected chi connectivity index (χ4v) is 8.18. The molecular formula is C35H44N2O9S. The van der Waals surface area contributed by atoms with Crippen LogP contribution in [-0.2, 0) is 32.4 Å². The molecule has 11 nitrogen and oxygen atoms in total. The number of methoxy groups -OCH3 is 2. The van der Waals surface area contributed by atoms with Gasteiger partial charge in [0.25, 0.3) is 0 Å². The van der Waals surface area contributed by atoms with Crippen LogP contribution in [0, 0.1) is 20.8 Å². The van der Waals surface area contributed by atoms with Crippen molar-refractivity contribution in [2.24, 2.45) is 0 Å². The number of likely N-dealkylation sites (N-methyl/N-ethyl adjacent to an activating group) is 1. The van der Waals surface area contributed by atoms with Crippen molar-refractivity contribution in [1.82, 2.24) is 9.80 Å². The van der Waals surface area contributed by atoms with Gasteiger partial charge in [-0.05, 0) is 76.9 Å². The molecule has 3 aromatic carbocycles. The average molecular weight is 669 g/mol. The van der Waals surface area contributed by atoms with Gasteiger partial charge in [-0.25, -0.2) is 0 Å². The SMILES string of the molecule is CCOCN1C[C@@H]2Cc3cc(C)c(OC)c(OCOC)c3[C@H]([C@@H]1Cc1cc3c(c(C)c1OS(=O)(=O)c1ccc(C)cc1)OCO3)N2C. The van der Waals surface area contributed by atoms with Crippen LogP contribution in [0.25, 0.3) is 0 Å². The van der Waals surface area contributed by atoms with Crippen LogP contribution in [0.3, 0.4) is 0 Å². The summed E-state index contributed by atoms with van der Waals surface area (Å²) in [5.74, 6) is 2.60. The summed E-state index contributed by atoms with van der Waals surface area (Å²) < 4.78 is 68.5. The van der Waals surface area contributed by atoms with Gasteiger partial charge >= 0.3 is 10.1 Å². The van der Waals surface area contributed by atoms with E-state index in [9.17, 15) is 8.42 Å². The molecule has 3 aromatic rings. The highest BCUT2D eigenvalue weighted by molar-refractivity contribution is 7.87. The van der Waals surface area contributed by atoms with Crippen LogP contribution in [0.15, 0.2) is 41.3 Å². The first-order valence-corrected chi connectivity index (χ1v) is 17.3. The first kappa shape index (κ1) is 33.4. The van der Waals surface area contributed by atoms with Crippen LogP contribution >= 0.6 is 0 Å². The maximum Gasteiger partial charge on any atom is 0.339 e. The van der Waals surface area contributed by atoms with Crippen LogP contribution in [-0.4, -0.2) is 85.0 Å². The first-order valence-electron chi connectivity index (χ1n) is 15.9. The molecule has 0 aromatic heterocycles.